The molecule has 1 N–H and O–H groups in total. The Morgan fingerprint density at radius 3 is 2.93 bits per heavy atom. The topological polar surface area (TPSA) is 37.9 Å². The van der Waals surface area contributed by atoms with E-state index in [1.54, 1.807) is 7.11 Å². The Balaban J connectivity index is 2.41. The maximum absolute atomic E-state index is 5.16. The van der Waals surface area contributed by atoms with Crippen molar-refractivity contribution in [2.45, 2.75) is 25.4 Å². The Morgan fingerprint density at radius 2 is 2.36 bits per heavy atom. The number of ether oxygens (including phenoxy) is 1. The van der Waals surface area contributed by atoms with Gasteiger partial charge >= 0.3 is 0 Å². The van der Waals surface area contributed by atoms with E-state index in [0.717, 1.165) is 10.3 Å². The molecule has 1 heterocycles. The molecule has 0 amide bonds. The van der Waals surface area contributed by atoms with Crippen LogP contribution in [-0.4, -0.2) is 17.1 Å². The zero-order valence-electron chi connectivity index (χ0n) is 7.84. The van der Waals surface area contributed by atoms with Gasteiger partial charge in [-0.3, -0.25) is 0 Å². The van der Waals surface area contributed by atoms with Crippen molar-refractivity contribution in [2.75, 3.05) is 7.11 Å². The van der Waals surface area contributed by atoms with Crippen molar-refractivity contribution in [3.8, 4) is 0 Å². The van der Waals surface area contributed by atoms with Crippen molar-refractivity contribution >= 4 is 28.1 Å². The van der Waals surface area contributed by atoms with E-state index in [9.17, 15) is 0 Å². The minimum atomic E-state index is 0.483. The second-order valence-corrected chi connectivity index (χ2v) is 4.60. The number of nitrogens with one attached hydrogen (secondary N) is 1. The molecule has 2 rings (SSSR count). The van der Waals surface area contributed by atoms with Gasteiger partial charge in [-0.2, -0.15) is 0 Å². The SMILES string of the molecule is COCc1nc(=S)c(Br)c(C2CC2)[nH]1. The van der Waals surface area contributed by atoms with Crippen LogP contribution in [0.4, 0.5) is 0 Å². The van der Waals surface area contributed by atoms with Crippen LogP contribution in [-0.2, 0) is 11.3 Å². The summed E-state index contributed by atoms with van der Waals surface area (Å²) in [6.45, 7) is 0.483. The largest absolute Gasteiger partial charge is 0.377 e. The molecule has 0 aliphatic heterocycles. The van der Waals surface area contributed by atoms with E-state index >= 15 is 0 Å². The lowest BCUT2D eigenvalue weighted by atomic mass is 10.3. The van der Waals surface area contributed by atoms with E-state index < -0.39 is 0 Å². The van der Waals surface area contributed by atoms with E-state index in [0.29, 0.717) is 17.2 Å². The van der Waals surface area contributed by atoms with Crippen LogP contribution in [0.1, 0.15) is 30.3 Å². The van der Waals surface area contributed by atoms with Crippen LogP contribution in [0.25, 0.3) is 0 Å². The Morgan fingerprint density at radius 1 is 1.64 bits per heavy atom. The van der Waals surface area contributed by atoms with Gasteiger partial charge in [0.1, 0.15) is 17.1 Å². The Hall–Kier alpha value is -0.260. The number of aromatic nitrogens is 2. The average molecular weight is 275 g/mol. The standard InChI is InChI=1S/C9H11BrN2OS/c1-13-4-6-11-8(5-2-3-5)7(10)9(14)12-6/h5H,2-4H2,1H3,(H,11,12,14). The van der Waals surface area contributed by atoms with Crippen molar-refractivity contribution in [3.05, 3.63) is 20.6 Å². The van der Waals surface area contributed by atoms with Gasteiger partial charge in [0.25, 0.3) is 0 Å². The lowest BCUT2D eigenvalue weighted by molar-refractivity contribution is 0.177. The Kier molecular flexibility index (Phi) is 2.99. The van der Waals surface area contributed by atoms with Gasteiger partial charge in [0.05, 0.1) is 4.47 Å². The van der Waals surface area contributed by atoms with Crippen LogP contribution in [0.2, 0.25) is 0 Å². The molecule has 1 aliphatic rings. The van der Waals surface area contributed by atoms with Crippen LogP contribution in [0, 0.1) is 4.64 Å². The maximum atomic E-state index is 5.16. The van der Waals surface area contributed by atoms with Crippen LogP contribution in [0.3, 0.4) is 0 Å². The highest BCUT2D eigenvalue weighted by atomic mass is 79.9. The first-order valence-electron chi connectivity index (χ1n) is 4.50. The number of rotatable bonds is 3. The first-order valence-corrected chi connectivity index (χ1v) is 5.70. The molecule has 1 aliphatic carbocycles. The molecular formula is C9H11BrN2OS. The molecular weight excluding hydrogens is 264 g/mol. The fraction of sp³-hybridized carbons (Fsp3) is 0.556. The molecule has 1 fully saturated rings. The summed E-state index contributed by atoms with van der Waals surface area (Å²) in [5.74, 6) is 1.44. The van der Waals surface area contributed by atoms with Gasteiger partial charge in [-0.05, 0) is 28.8 Å². The molecule has 0 unspecified atom stereocenters. The molecule has 1 aromatic rings. The molecule has 76 valence electrons. The predicted molar refractivity (Wildman–Crippen MR) is 59.8 cm³/mol. The summed E-state index contributed by atoms with van der Waals surface area (Å²) in [5.41, 5.74) is 1.18. The van der Waals surface area contributed by atoms with Crippen molar-refractivity contribution in [1.29, 1.82) is 0 Å². The molecule has 1 saturated carbocycles. The highest BCUT2D eigenvalue weighted by Crippen LogP contribution is 2.42. The van der Waals surface area contributed by atoms with Crippen molar-refractivity contribution in [1.82, 2.24) is 9.97 Å². The summed E-state index contributed by atoms with van der Waals surface area (Å²) in [5, 5.41) is 0. The number of aromatic amines is 1. The van der Waals surface area contributed by atoms with E-state index in [1.165, 1.54) is 18.5 Å². The van der Waals surface area contributed by atoms with Gasteiger partial charge in [0, 0.05) is 18.7 Å². The van der Waals surface area contributed by atoms with Gasteiger partial charge < -0.3 is 9.72 Å². The van der Waals surface area contributed by atoms with Gasteiger partial charge in [-0.15, -0.1) is 0 Å². The fourth-order valence-electron chi connectivity index (χ4n) is 1.38. The van der Waals surface area contributed by atoms with Crippen LogP contribution >= 0.6 is 28.1 Å². The summed E-state index contributed by atoms with van der Waals surface area (Å²) in [7, 11) is 1.65. The van der Waals surface area contributed by atoms with E-state index in [1.807, 2.05) is 0 Å². The third-order valence-corrected chi connectivity index (χ3v) is 3.57. The number of hydrogen-bond acceptors (Lipinski definition) is 3. The molecule has 0 saturated heterocycles. The number of nitrogens with zero attached hydrogens (tertiary/aromatic N) is 1. The lowest BCUT2D eigenvalue weighted by Gasteiger charge is -2.06. The Labute approximate surface area is 96.0 Å². The van der Waals surface area contributed by atoms with Crippen molar-refractivity contribution < 1.29 is 4.74 Å². The number of halogens is 1. The number of hydrogen-bond donors (Lipinski definition) is 1. The summed E-state index contributed by atoms with van der Waals surface area (Å²) in [6, 6.07) is 0. The summed E-state index contributed by atoms with van der Waals surface area (Å²) >= 11 is 8.62. The summed E-state index contributed by atoms with van der Waals surface area (Å²) in [6.07, 6.45) is 2.47. The minimum Gasteiger partial charge on any atom is -0.377 e. The van der Waals surface area contributed by atoms with Crippen LogP contribution in [0.5, 0.6) is 0 Å². The molecule has 1 aromatic heterocycles. The van der Waals surface area contributed by atoms with Crippen LogP contribution < -0.4 is 0 Å². The zero-order chi connectivity index (χ0) is 10.1. The molecule has 0 aromatic carbocycles. The molecule has 5 heteroatoms. The summed E-state index contributed by atoms with van der Waals surface area (Å²) < 4.78 is 6.59. The first kappa shape index (κ1) is 10.3. The smallest absolute Gasteiger partial charge is 0.144 e. The lowest BCUT2D eigenvalue weighted by Crippen LogP contribution is -2.01. The number of methoxy groups -OCH3 is 1. The molecule has 3 nitrogen and oxygen atoms in total. The van der Waals surface area contributed by atoms with E-state index in [2.05, 4.69) is 25.9 Å². The second-order valence-electron chi connectivity index (χ2n) is 3.42. The normalized spacial score (nSPS) is 15.9. The fourth-order valence-corrected chi connectivity index (χ4v) is 2.12. The Bertz CT molecular complexity index is 400. The van der Waals surface area contributed by atoms with Gasteiger partial charge in [-0.25, -0.2) is 4.98 Å². The van der Waals surface area contributed by atoms with E-state index in [4.69, 9.17) is 17.0 Å². The predicted octanol–water partition coefficient (Wildman–Crippen LogP) is 2.93. The maximum Gasteiger partial charge on any atom is 0.144 e. The molecule has 0 spiro atoms. The van der Waals surface area contributed by atoms with E-state index in [-0.39, 0.29) is 0 Å². The highest BCUT2D eigenvalue weighted by molar-refractivity contribution is 9.10. The molecule has 0 atom stereocenters. The third-order valence-electron chi connectivity index (χ3n) is 2.21. The zero-order valence-corrected chi connectivity index (χ0v) is 10.2. The molecule has 14 heavy (non-hydrogen) atoms. The van der Waals surface area contributed by atoms with Gasteiger partial charge in [-0.1, -0.05) is 12.2 Å². The quantitative estimate of drug-likeness (QED) is 0.862. The monoisotopic (exact) mass is 274 g/mol. The summed E-state index contributed by atoms with van der Waals surface area (Å²) in [4.78, 5) is 7.49. The average Bonchev–Trinajstić information content (AvgIpc) is 2.94. The first-order chi connectivity index (χ1) is 6.72. The van der Waals surface area contributed by atoms with Gasteiger partial charge in [0.2, 0.25) is 0 Å². The highest BCUT2D eigenvalue weighted by Gasteiger charge is 2.27. The molecule has 0 bridgehead atoms. The number of H-pyrrole nitrogens is 1. The molecule has 0 radical (unpaired) electrons. The minimum absolute atomic E-state index is 0.483. The van der Waals surface area contributed by atoms with Crippen LogP contribution in [0.15, 0.2) is 4.47 Å². The second kappa shape index (κ2) is 4.08. The van der Waals surface area contributed by atoms with Crippen molar-refractivity contribution in [2.24, 2.45) is 0 Å². The third kappa shape index (κ3) is 2.04. The van der Waals surface area contributed by atoms with Crippen molar-refractivity contribution in [3.63, 3.8) is 0 Å². The van der Waals surface area contributed by atoms with Gasteiger partial charge in [0.15, 0.2) is 0 Å².